The molecule has 30 heavy (non-hydrogen) atoms. The normalized spacial score (nSPS) is 14.8. The van der Waals surface area contributed by atoms with Crippen molar-refractivity contribution in [2.24, 2.45) is 0 Å². The van der Waals surface area contributed by atoms with Gasteiger partial charge in [-0.15, -0.1) is 0 Å². The lowest BCUT2D eigenvalue weighted by Crippen LogP contribution is -2.47. The van der Waals surface area contributed by atoms with Gasteiger partial charge in [-0.3, -0.25) is 14.5 Å². The molecule has 0 fully saturated rings. The zero-order chi connectivity index (χ0) is 21.8. The van der Waals surface area contributed by atoms with E-state index in [-0.39, 0.29) is 17.7 Å². The van der Waals surface area contributed by atoms with E-state index in [0.717, 1.165) is 23.4 Å². The van der Waals surface area contributed by atoms with Crippen molar-refractivity contribution in [1.82, 2.24) is 4.90 Å². The van der Waals surface area contributed by atoms with E-state index in [1.54, 1.807) is 30.3 Å². The van der Waals surface area contributed by atoms with Crippen LogP contribution in [0.25, 0.3) is 11.6 Å². The second-order valence-corrected chi connectivity index (χ2v) is 7.02. The number of likely N-dealkylation sites (N-methyl/N-ethyl adjacent to an activating group) is 1. The van der Waals surface area contributed by atoms with Crippen LogP contribution >= 0.6 is 0 Å². The molecule has 2 aromatic carbocycles. The second kappa shape index (κ2) is 8.92. The summed E-state index contributed by atoms with van der Waals surface area (Å²) < 4.78 is 0. The Morgan fingerprint density at radius 1 is 1.13 bits per heavy atom. The Kier molecular flexibility index (Phi) is 6.32. The second-order valence-electron chi connectivity index (χ2n) is 7.02. The summed E-state index contributed by atoms with van der Waals surface area (Å²) in [6.07, 6.45) is 1.68. The van der Waals surface area contributed by atoms with Gasteiger partial charge in [-0.25, -0.2) is 0 Å². The summed E-state index contributed by atoms with van der Waals surface area (Å²) in [6, 6.07) is 12.4. The number of carbonyl (C=O) groups excluding carboxylic acids is 3. The van der Waals surface area contributed by atoms with Gasteiger partial charge in [0.05, 0.1) is 19.1 Å². The van der Waals surface area contributed by atoms with Gasteiger partial charge in [0.25, 0.3) is 11.8 Å². The molecule has 3 rings (SSSR count). The quantitative estimate of drug-likeness (QED) is 0.545. The number of hydrogen-bond donors (Lipinski definition) is 1. The Balaban J connectivity index is 2.07. The first-order valence-electron chi connectivity index (χ1n) is 9.71. The maximum Gasteiger partial charge on any atom is 0.261 e. The van der Waals surface area contributed by atoms with Gasteiger partial charge < -0.3 is 19.9 Å². The highest BCUT2D eigenvalue weighted by Crippen LogP contribution is 2.31. The van der Waals surface area contributed by atoms with E-state index in [9.17, 15) is 24.6 Å². The summed E-state index contributed by atoms with van der Waals surface area (Å²) in [7, 11) is 0. The molecular weight excluding hydrogens is 384 g/mol. The maximum absolute atomic E-state index is 13.0. The monoisotopic (exact) mass is 407 g/mol. The van der Waals surface area contributed by atoms with Crippen LogP contribution in [0.5, 0.6) is 0 Å². The van der Waals surface area contributed by atoms with E-state index >= 15 is 0 Å². The first-order chi connectivity index (χ1) is 14.4. The molecule has 2 aromatic rings. The van der Waals surface area contributed by atoms with Crippen LogP contribution in [0.4, 0.5) is 5.69 Å². The van der Waals surface area contributed by atoms with Crippen LogP contribution in [-0.2, 0) is 9.59 Å². The molecule has 0 aliphatic carbocycles. The number of carbonyl (C=O) groups is 3. The number of hydrogen-bond acceptors (Lipinski definition) is 6. The Morgan fingerprint density at radius 2 is 1.83 bits per heavy atom. The minimum absolute atomic E-state index is 0.0479. The summed E-state index contributed by atoms with van der Waals surface area (Å²) >= 11 is 0. The number of nitrogens with zero attached hydrogens (tertiary/aromatic N) is 2. The van der Waals surface area contributed by atoms with Gasteiger partial charge in [0.15, 0.2) is 0 Å². The molecule has 1 heterocycles. The highest BCUT2D eigenvalue weighted by atomic mass is 16.4. The van der Waals surface area contributed by atoms with Crippen molar-refractivity contribution < 1.29 is 24.6 Å². The van der Waals surface area contributed by atoms with Crippen LogP contribution in [0.2, 0.25) is 0 Å². The molecule has 1 aliphatic heterocycles. The number of carboxylic acid groups (broad SMARTS) is 1. The molecule has 1 N–H and O–H groups in total. The van der Waals surface area contributed by atoms with Gasteiger partial charge >= 0.3 is 0 Å². The Bertz CT molecular complexity index is 1030. The van der Waals surface area contributed by atoms with Crippen molar-refractivity contribution in [1.29, 1.82) is 0 Å². The predicted molar refractivity (Wildman–Crippen MR) is 112 cm³/mol. The fraction of sp³-hybridized carbons (Fsp3) is 0.261. The number of aliphatic carboxylic acids is 1. The van der Waals surface area contributed by atoms with Crippen LogP contribution in [0.1, 0.15) is 34.0 Å². The fourth-order valence-corrected chi connectivity index (χ4v) is 3.58. The topological polar surface area (TPSA) is 101 Å². The molecule has 0 unspecified atom stereocenters. The van der Waals surface area contributed by atoms with E-state index < -0.39 is 24.3 Å². The lowest BCUT2D eigenvalue weighted by Gasteiger charge is -2.29. The van der Waals surface area contributed by atoms with Crippen molar-refractivity contribution in [2.75, 3.05) is 31.1 Å². The van der Waals surface area contributed by atoms with Crippen LogP contribution in [0.15, 0.2) is 42.5 Å². The fourth-order valence-electron chi connectivity index (χ4n) is 3.58. The number of fused-ring (bicyclic) bond motifs is 1. The lowest BCUT2D eigenvalue weighted by atomic mass is 9.91. The standard InChI is InChI=1S/C23H24N2O5/c1-3-24(10-11-26)17-9-8-16(15(2)12-17)13-20-18-6-4-5-7-19(18)22(29)25(23(20)30)14-21(27)28/h4-9,12-13,26H,3,10-11,14H2,1-2H3,(H,27,28)/p-1/b20-13-. The average Bonchev–Trinajstić information content (AvgIpc) is 2.73. The van der Waals surface area contributed by atoms with Gasteiger partial charge in [0.2, 0.25) is 0 Å². The molecule has 0 atom stereocenters. The van der Waals surface area contributed by atoms with E-state index in [1.807, 2.05) is 36.9 Å². The highest BCUT2D eigenvalue weighted by molar-refractivity contribution is 6.34. The van der Waals surface area contributed by atoms with Crippen LogP contribution in [-0.4, -0.2) is 54.0 Å². The van der Waals surface area contributed by atoms with Crippen molar-refractivity contribution in [3.63, 3.8) is 0 Å². The SMILES string of the molecule is CCN(CCO)c1ccc(/C=C2\C(=O)N(CC(=O)[O-])C(=O)c3ccccc32)c(C)c1. The van der Waals surface area contributed by atoms with Gasteiger partial charge in [-0.05, 0) is 54.8 Å². The molecule has 0 spiro atoms. The average molecular weight is 407 g/mol. The molecule has 0 saturated heterocycles. The molecule has 0 radical (unpaired) electrons. The van der Waals surface area contributed by atoms with E-state index in [0.29, 0.717) is 17.0 Å². The van der Waals surface area contributed by atoms with Crippen molar-refractivity contribution >= 4 is 35.1 Å². The number of imide groups is 1. The largest absolute Gasteiger partial charge is 0.548 e. The minimum Gasteiger partial charge on any atom is -0.548 e. The van der Waals surface area contributed by atoms with Gasteiger partial charge in [0.1, 0.15) is 0 Å². The smallest absolute Gasteiger partial charge is 0.261 e. The maximum atomic E-state index is 13.0. The number of anilines is 1. The molecular formula is C23H23N2O5-. The molecule has 156 valence electrons. The number of amides is 2. The number of aryl methyl sites for hydroxylation is 1. The molecule has 7 nitrogen and oxygen atoms in total. The number of aliphatic hydroxyl groups excluding tert-OH is 1. The molecule has 2 amide bonds. The third-order valence-corrected chi connectivity index (χ3v) is 5.13. The third-order valence-electron chi connectivity index (χ3n) is 5.13. The lowest BCUT2D eigenvalue weighted by molar-refractivity contribution is -0.305. The van der Waals surface area contributed by atoms with E-state index in [1.165, 1.54) is 0 Å². The summed E-state index contributed by atoms with van der Waals surface area (Å²) in [5.74, 6) is -2.81. The van der Waals surface area contributed by atoms with Crippen molar-refractivity contribution in [3.05, 3.63) is 64.7 Å². The Labute approximate surface area is 174 Å². The van der Waals surface area contributed by atoms with Crippen molar-refractivity contribution in [2.45, 2.75) is 13.8 Å². The first kappa shape index (κ1) is 21.3. The van der Waals surface area contributed by atoms with Gasteiger partial charge in [0, 0.05) is 29.9 Å². The molecule has 1 aliphatic rings. The van der Waals surface area contributed by atoms with Crippen LogP contribution in [0.3, 0.4) is 0 Å². The highest BCUT2D eigenvalue weighted by Gasteiger charge is 2.34. The van der Waals surface area contributed by atoms with Gasteiger partial charge in [-0.2, -0.15) is 0 Å². The molecule has 0 aromatic heterocycles. The predicted octanol–water partition coefficient (Wildman–Crippen LogP) is 1.09. The van der Waals surface area contributed by atoms with Crippen LogP contribution in [0, 0.1) is 6.92 Å². The first-order valence-corrected chi connectivity index (χ1v) is 9.71. The van der Waals surface area contributed by atoms with Crippen molar-refractivity contribution in [3.8, 4) is 0 Å². The summed E-state index contributed by atoms with van der Waals surface area (Å²) in [5.41, 5.74) is 3.64. The number of rotatable bonds is 7. The summed E-state index contributed by atoms with van der Waals surface area (Å²) in [5, 5.41) is 20.3. The summed E-state index contributed by atoms with van der Waals surface area (Å²) in [6.45, 7) is 4.42. The zero-order valence-corrected chi connectivity index (χ0v) is 16.9. The molecule has 7 heteroatoms. The van der Waals surface area contributed by atoms with Gasteiger partial charge in [-0.1, -0.05) is 24.3 Å². The molecule has 0 saturated carbocycles. The Morgan fingerprint density at radius 3 is 2.43 bits per heavy atom. The Hall–Kier alpha value is -3.45. The van der Waals surface area contributed by atoms with E-state index in [4.69, 9.17) is 0 Å². The number of carboxylic acids is 1. The summed E-state index contributed by atoms with van der Waals surface area (Å²) in [4.78, 5) is 39.4. The van der Waals surface area contributed by atoms with E-state index in [2.05, 4.69) is 0 Å². The third kappa shape index (κ3) is 4.11. The minimum atomic E-state index is -1.50. The zero-order valence-electron chi connectivity index (χ0n) is 16.9. The number of aliphatic hydroxyl groups is 1. The number of benzene rings is 2. The van der Waals surface area contributed by atoms with Crippen LogP contribution < -0.4 is 10.0 Å². The molecule has 0 bridgehead atoms.